The number of phosphoric ester groups is 1. The first-order valence-electron chi connectivity index (χ1n) is 4.71. The van der Waals surface area contributed by atoms with Gasteiger partial charge in [0.05, 0.1) is 26.4 Å². The van der Waals surface area contributed by atoms with Crippen LogP contribution >= 0.6 is 7.82 Å². The molecule has 0 atom stereocenters. The van der Waals surface area contributed by atoms with Gasteiger partial charge in [-0.3, -0.25) is 19.0 Å². The van der Waals surface area contributed by atoms with Crippen molar-refractivity contribution < 1.29 is 33.2 Å². The molecule has 17 heavy (non-hydrogen) atoms. The second kappa shape index (κ2) is 6.04. The Morgan fingerprint density at radius 2 is 1.71 bits per heavy atom. The number of carbonyl (C=O) groups excluding carboxylic acids is 2. The third-order valence-corrected chi connectivity index (χ3v) is 2.37. The minimum Gasteiger partial charge on any atom is -0.377 e. The zero-order valence-corrected chi connectivity index (χ0v) is 9.71. The van der Waals surface area contributed by atoms with Crippen molar-refractivity contribution in [2.45, 2.75) is 0 Å². The molecule has 2 amide bonds. The first-order chi connectivity index (χ1) is 7.90. The molecule has 0 aromatic rings. The zero-order valence-electron chi connectivity index (χ0n) is 8.81. The molecule has 0 unspecified atom stereocenters. The second-order valence-corrected chi connectivity index (χ2v) is 4.34. The number of rotatable bonds is 7. The fraction of sp³-hybridized carbons (Fsp3) is 0.500. The van der Waals surface area contributed by atoms with Crippen LogP contribution in [-0.4, -0.2) is 52.9 Å². The molecule has 0 saturated carbocycles. The zero-order chi connectivity index (χ0) is 12.9. The molecular formula is C8H12NO7P. The van der Waals surface area contributed by atoms with Crippen LogP contribution in [-0.2, 0) is 23.4 Å². The number of ether oxygens (including phenoxy) is 1. The molecule has 96 valence electrons. The summed E-state index contributed by atoms with van der Waals surface area (Å²) in [6.07, 6.45) is 2.33. The number of hydrogen-bond donors (Lipinski definition) is 2. The van der Waals surface area contributed by atoms with Gasteiger partial charge in [-0.05, 0) is 0 Å². The van der Waals surface area contributed by atoms with Crippen LogP contribution in [0.2, 0.25) is 0 Å². The Morgan fingerprint density at radius 3 is 2.24 bits per heavy atom. The van der Waals surface area contributed by atoms with E-state index < -0.39 is 19.6 Å². The summed E-state index contributed by atoms with van der Waals surface area (Å²) in [6.45, 7) is -0.108. The second-order valence-electron chi connectivity index (χ2n) is 3.10. The van der Waals surface area contributed by atoms with E-state index in [1.807, 2.05) is 0 Å². The molecular weight excluding hydrogens is 253 g/mol. The van der Waals surface area contributed by atoms with Crippen LogP contribution in [0.4, 0.5) is 0 Å². The summed E-state index contributed by atoms with van der Waals surface area (Å²) in [6, 6.07) is 0. The minimum atomic E-state index is -4.46. The SMILES string of the molecule is O=C1C=CC(=O)N1CCOCCOP(=O)(O)O. The van der Waals surface area contributed by atoms with Crippen molar-refractivity contribution >= 4 is 19.6 Å². The maximum Gasteiger partial charge on any atom is 0.469 e. The van der Waals surface area contributed by atoms with E-state index >= 15 is 0 Å². The van der Waals surface area contributed by atoms with E-state index in [2.05, 4.69) is 4.52 Å². The summed E-state index contributed by atoms with van der Waals surface area (Å²) in [7, 11) is -4.46. The highest BCUT2D eigenvalue weighted by Crippen LogP contribution is 2.35. The molecule has 1 aliphatic rings. The van der Waals surface area contributed by atoms with Gasteiger partial charge in [-0.1, -0.05) is 0 Å². The van der Waals surface area contributed by atoms with Gasteiger partial charge in [0.25, 0.3) is 11.8 Å². The van der Waals surface area contributed by atoms with Gasteiger partial charge in [-0.25, -0.2) is 4.57 Å². The molecule has 0 aliphatic carbocycles. The third kappa shape index (κ3) is 5.20. The molecule has 0 radical (unpaired) electrons. The van der Waals surface area contributed by atoms with Crippen LogP contribution in [0.25, 0.3) is 0 Å². The molecule has 0 fully saturated rings. The highest BCUT2D eigenvalue weighted by atomic mass is 31.2. The van der Waals surface area contributed by atoms with E-state index in [1.54, 1.807) is 0 Å². The summed E-state index contributed by atoms with van der Waals surface area (Å²) in [4.78, 5) is 39.8. The third-order valence-electron chi connectivity index (χ3n) is 1.85. The molecule has 0 bridgehead atoms. The number of imide groups is 1. The quantitative estimate of drug-likeness (QED) is 0.346. The smallest absolute Gasteiger partial charge is 0.377 e. The molecule has 1 aliphatic heterocycles. The summed E-state index contributed by atoms with van der Waals surface area (Å²) in [5, 5.41) is 0. The highest BCUT2D eigenvalue weighted by Gasteiger charge is 2.22. The maximum atomic E-state index is 11.1. The number of hydrogen-bond acceptors (Lipinski definition) is 5. The highest BCUT2D eigenvalue weighted by molar-refractivity contribution is 7.46. The Bertz CT molecular complexity index is 356. The average molecular weight is 265 g/mol. The minimum absolute atomic E-state index is 0.0330. The summed E-state index contributed by atoms with van der Waals surface area (Å²) in [5.41, 5.74) is 0. The largest absolute Gasteiger partial charge is 0.469 e. The number of amides is 2. The Balaban J connectivity index is 2.07. The maximum absolute atomic E-state index is 11.1. The molecule has 8 nitrogen and oxygen atoms in total. The van der Waals surface area contributed by atoms with E-state index in [1.165, 1.54) is 12.2 Å². The Labute approximate surface area is 97.0 Å². The lowest BCUT2D eigenvalue weighted by Gasteiger charge is -2.13. The van der Waals surface area contributed by atoms with Crippen LogP contribution in [0.1, 0.15) is 0 Å². The first-order valence-corrected chi connectivity index (χ1v) is 6.24. The molecule has 2 N–H and O–H groups in total. The Hall–Kier alpha value is -1.05. The summed E-state index contributed by atoms with van der Waals surface area (Å²) >= 11 is 0. The fourth-order valence-corrected chi connectivity index (χ4v) is 1.44. The van der Waals surface area contributed by atoms with Gasteiger partial charge >= 0.3 is 7.82 Å². The molecule has 0 aromatic carbocycles. The van der Waals surface area contributed by atoms with E-state index in [4.69, 9.17) is 14.5 Å². The van der Waals surface area contributed by atoms with Crippen molar-refractivity contribution in [3.05, 3.63) is 12.2 Å². The molecule has 0 saturated heterocycles. The van der Waals surface area contributed by atoms with E-state index in [-0.39, 0.29) is 26.4 Å². The first kappa shape index (κ1) is 14.0. The Kier molecular flexibility index (Phi) is 4.98. The van der Waals surface area contributed by atoms with E-state index in [0.717, 1.165) is 4.90 Å². The topological polar surface area (TPSA) is 113 Å². The monoisotopic (exact) mass is 265 g/mol. The predicted octanol–water partition coefficient (Wildman–Crippen LogP) is -0.963. The van der Waals surface area contributed by atoms with Crippen LogP contribution in [0, 0.1) is 0 Å². The van der Waals surface area contributed by atoms with E-state index in [0.29, 0.717) is 0 Å². The molecule has 0 spiro atoms. The number of phosphoric acid groups is 1. The van der Waals surface area contributed by atoms with Gasteiger partial charge in [0.1, 0.15) is 0 Å². The van der Waals surface area contributed by atoms with Crippen molar-refractivity contribution in [1.82, 2.24) is 4.90 Å². The number of nitrogens with zero attached hydrogens (tertiary/aromatic N) is 1. The Morgan fingerprint density at radius 1 is 1.12 bits per heavy atom. The standard InChI is InChI=1S/C8H12NO7P/c10-7-1-2-8(11)9(7)3-4-15-5-6-16-17(12,13)14/h1-2H,3-6H2,(H2,12,13,14). The van der Waals surface area contributed by atoms with Gasteiger partial charge in [0.2, 0.25) is 0 Å². The predicted molar refractivity (Wildman–Crippen MR) is 54.7 cm³/mol. The van der Waals surface area contributed by atoms with Crippen molar-refractivity contribution in [2.75, 3.05) is 26.4 Å². The molecule has 1 rings (SSSR count). The van der Waals surface area contributed by atoms with Gasteiger partial charge in [-0.15, -0.1) is 0 Å². The molecule has 9 heteroatoms. The van der Waals surface area contributed by atoms with Crippen LogP contribution < -0.4 is 0 Å². The van der Waals surface area contributed by atoms with Crippen LogP contribution in [0.3, 0.4) is 0 Å². The normalized spacial score (nSPS) is 16.0. The van der Waals surface area contributed by atoms with Gasteiger partial charge in [-0.2, -0.15) is 0 Å². The average Bonchev–Trinajstić information content (AvgIpc) is 2.52. The lowest BCUT2D eigenvalue weighted by molar-refractivity contribution is -0.137. The number of carbonyl (C=O) groups is 2. The van der Waals surface area contributed by atoms with Crippen molar-refractivity contribution in [3.63, 3.8) is 0 Å². The summed E-state index contributed by atoms with van der Waals surface area (Å²) < 4.78 is 19.3. The van der Waals surface area contributed by atoms with Crippen LogP contribution in [0.15, 0.2) is 12.2 Å². The molecule has 1 heterocycles. The van der Waals surface area contributed by atoms with Gasteiger partial charge < -0.3 is 14.5 Å². The van der Waals surface area contributed by atoms with E-state index in [9.17, 15) is 14.2 Å². The summed E-state index contributed by atoms with van der Waals surface area (Å²) in [5.74, 6) is -0.796. The lowest BCUT2D eigenvalue weighted by Crippen LogP contribution is -2.33. The van der Waals surface area contributed by atoms with Crippen molar-refractivity contribution in [1.29, 1.82) is 0 Å². The van der Waals surface area contributed by atoms with Crippen molar-refractivity contribution in [3.8, 4) is 0 Å². The molecule has 0 aromatic heterocycles. The fourth-order valence-electron chi connectivity index (χ4n) is 1.12. The van der Waals surface area contributed by atoms with Gasteiger partial charge in [0, 0.05) is 12.2 Å². The van der Waals surface area contributed by atoms with Crippen molar-refractivity contribution in [2.24, 2.45) is 0 Å². The lowest BCUT2D eigenvalue weighted by atomic mass is 10.5. The van der Waals surface area contributed by atoms with Gasteiger partial charge in [0.15, 0.2) is 0 Å². The van der Waals surface area contributed by atoms with Crippen LogP contribution in [0.5, 0.6) is 0 Å².